The molecule has 0 spiro atoms. The van der Waals surface area contributed by atoms with Crippen LogP contribution in [0.5, 0.6) is 5.75 Å². The molecule has 0 aliphatic carbocycles. The van der Waals surface area contributed by atoms with Gasteiger partial charge in [-0.05, 0) is 34.1 Å². The van der Waals surface area contributed by atoms with E-state index in [9.17, 15) is 0 Å². The van der Waals surface area contributed by atoms with E-state index in [1.54, 1.807) is 0 Å². The van der Waals surface area contributed by atoms with Crippen LogP contribution in [-0.4, -0.2) is 19.2 Å². The minimum Gasteiger partial charge on any atom is -0.492 e. The Labute approximate surface area is 127 Å². The molecular weight excluding hydrogens is 358 g/mol. The van der Waals surface area contributed by atoms with Crippen LogP contribution in [0.1, 0.15) is 27.7 Å². The summed E-state index contributed by atoms with van der Waals surface area (Å²) in [5, 5.41) is 3.45. The molecule has 1 aromatic carbocycles. The van der Waals surface area contributed by atoms with Gasteiger partial charge in [-0.2, -0.15) is 0 Å². The molecule has 0 fully saturated rings. The van der Waals surface area contributed by atoms with Gasteiger partial charge in [-0.25, -0.2) is 0 Å². The smallest absolute Gasteiger partial charge is 0.133 e. The molecule has 102 valence electrons. The highest BCUT2D eigenvalue weighted by Crippen LogP contribution is 2.29. The predicted octanol–water partition coefficient (Wildman–Crippen LogP) is 4.61. The third-order valence-electron chi connectivity index (χ3n) is 2.50. The minimum absolute atomic E-state index is 0.108. The molecule has 0 radical (unpaired) electrons. The molecule has 0 aromatic heterocycles. The normalized spacial score (nSPS) is 11.9. The van der Waals surface area contributed by atoms with Crippen LogP contribution >= 0.6 is 31.9 Å². The van der Waals surface area contributed by atoms with Crippen molar-refractivity contribution in [2.75, 3.05) is 13.2 Å². The Morgan fingerprint density at radius 3 is 2.50 bits per heavy atom. The molecule has 0 aliphatic rings. The van der Waals surface area contributed by atoms with Crippen LogP contribution in [0.3, 0.4) is 0 Å². The van der Waals surface area contributed by atoms with Crippen LogP contribution in [0.25, 0.3) is 0 Å². The summed E-state index contributed by atoms with van der Waals surface area (Å²) < 4.78 is 7.90. The fourth-order valence-electron chi connectivity index (χ4n) is 1.40. The van der Waals surface area contributed by atoms with Crippen LogP contribution < -0.4 is 10.1 Å². The summed E-state index contributed by atoms with van der Waals surface area (Å²) in [6.07, 6.45) is 0. The first-order valence-corrected chi connectivity index (χ1v) is 7.70. The van der Waals surface area contributed by atoms with Gasteiger partial charge in [0.25, 0.3) is 0 Å². The van der Waals surface area contributed by atoms with Gasteiger partial charge >= 0.3 is 0 Å². The Morgan fingerprint density at radius 2 is 1.94 bits per heavy atom. The van der Waals surface area contributed by atoms with E-state index in [2.05, 4.69) is 64.9 Å². The Kier molecular flexibility index (Phi) is 6.15. The number of hydrogen-bond acceptors (Lipinski definition) is 2. The highest BCUT2D eigenvalue weighted by molar-refractivity contribution is 9.11. The lowest BCUT2D eigenvalue weighted by Crippen LogP contribution is -2.37. The molecule has 2 nitrogen and oxygen atoms in total. The molecule has 0 aliphatic heterocycles. The van der Waals surface area contributed by atoms with E-state index in [0.29, 0.717) is 12.6 Å². The van der Waals surface area contributed by atoms with Crippen molar-refractivity contribution in [1.29, 1.82) is 0 Å². The molecule has 1 N–H and O–H groups in total. The molecule has 0 unspecified atom stereocenters. The largest absolute Gasteiger partial charge is 0.492 e. The topological polar surface area (TPSA) is 21.3 Å². The van der Waals surface area contributed by atoms with E-state index in [1.165, 1.54) is 0 Å². The van der Waals surface area contributed by atoms with Crippen LogP contribution in [0.4, 0.5) is 0 Å². The first-order valence-electron chi connectivity index (χ1n) is 6.11. The number of hydrogen-bond donors (Lipinski definition) is 1. The Bertz CT molecular complexity index is 391. The van der Waals surface area contributed by atoms with Crippen molar-refractivity contribution in [3.63, 3.8) is 0 Å². The van der Waals surface area contributed by atoms with Gasteiger partial charge in [-0.3, -0.25) is 0 Å². The van der Waals surface area contributed by atoms with E-state index in [0.717, 1.165) is 21.2 Å². The molecule has 0 heterocycles. The third kappa shape index (κ3) is 5.72. The van der Waals surface area contributed by atoms with Gasteiger partial charge < -0.3 is 10.1 Å². The first kappa shape index (κ1) is 16.0. The quantitative estimate of drug-likeness (QED) is 0.779. The summed E-state index contributed by atoms with van der Waals surface area (Å²) in [5.74, 6) is 0.885. The van der Waals surface area contributed by atoms with Crippen molar-refractivity contribution in [1.82, 2.24) is 5.32 Å². The summed E-state index contributed by atoms with van der Waals surface area (Å²) >= 11 is 6.94. The van der Waals surface area contributed by atoms with Crippen molar-refractivity contribution in [3.05, 3.63) is 27.1 Å². The van der Waals surface area contributed by atoms with Crippen LogP contribution in [0.2, 0.25) is 0 Å². The molecule has 0 saturated heterocycles. The molecule has 1 aromatic rings. The summed E-state index contributed by atoms with van der Waals surface area (Å²) in [4.78, 5) is 0. The lowest BCUT2D eigenvalue weighted by molar-refractivity contribution is 0.172. The van der Waals surface area contributed by atoms with E-state index in [-0.39, 0.29) is 5.41 Å². The van der Waals surface area contributed by atoms with Crippen molar-refractivity contribution >= 4 is 31.9 Å². The van der Waals surface area contributed by atoms with Gasteiger partial charge in [0.05, 0.1) is 11.1 Å². The Hall–Kier alpha value is -0.0600. The second-order valence-corrected chi connectivity index (χ2v) is 7.33. The highest BCUT2D eigenvalue weighted by Gasteiger charge is 2.19. The van der Waals surface area contributed by atoms with Crippen LogP contribution in [0, 0.1) is 5.41 Å². The lowest BCUT2D eigenvalue weighted by atomic mass is 9.94. The van der Waals surface area contributed by atoms with Crippen LogP contribution in [0.15, 0.2) is 27.1 Å². The van der Waals surface area contributed by atoms with Gasteiger partial charge in [0.2, 0.25) is 0 Å². The Balaban J connectivity index is 2.53. The maximum absolute atomic E-state index is 5.88. The third-order valence-corrected chi connectivity index (χ3v) is 3.61. The average Bonchev–Trinajstić information content (AvgIpc) is 2.25. The van der Waals surface area contributed by atoms with Gasteiger partial charge in [0.1, 0.15) is 5.75 Å². The zero-order chi connectivity index (χ0) is 13.8. The number of rotatable bonds is 6. The molecule has 0 bridgehead atoms. The van der Waals surface area contributed by atoms with Gasteiger partial charge in [0, 0.05) is 22.5 Å². The molecule has 0 amide bonds. The first-order chi connectivity index (χ1) is 8.30. The molecular formula is C14H21Br2NO. The van der Waals surface area contributed by atoms with Crippen molar-refractivity contribution < 1.29 is 4.74 Å². The van der Waals surface area contributed by atoms with E-state index < -0.39 is 0 Å². The fraction of sp³-hybridized carbons (Fsp3) is 0.571. The minimum atomic E-state index is 0.108. The van der Waals surface area contributed by atoms with Crippen molar-refractivity contribution in [2.24, 2.45) is 5.41 Å². The zero-order valence-electron chi connectivity index (χ0n) is 11.4. The highest BCUT2D eigenvalue weighted by atomic mass is 79.9. The summed E-state index contributed by atoms with van der Waals surface area (Å²) in [6, 6.07) is 6.46. The summed E-state index contributed by atoms with van der Waals surface area (Å²) in [5.41, 5.74) is 0.108. The maximum atomic E-state index is 5.88. The van der Waals surface area contributed by atoms with Gasteiger partial charge in [-0.1, -0.05) is 43.6 Å². The average molecular weight is 379 g/mol. The maximum Gasteiger partial charge on any atom is 0.133 e. The number of halogens is 2. The SMILES string of the molecule is CC(C)NCC(C)(C)COc1ccc(Br)cc1Br. The van der Waals surface area contributed by atoms with E-state index in [4.69, 9.17) is 4.74 Å². The van der Waals surface area contributed by atoms with Crippen LogP contribution in [-0.2, 0) is 0 Å². The van der Waals surface area contributed by atoms with E-state index >= 15 is 0 Å². The van der Waals surface area contributed by atoms with Crippen molar-refractivity contribution in [3.8, 4) is 5.75 Å². The molecule has 0 saturated carbocycles. The predicted molar refractivity (Wildman–Crippen MR) is 84.3 cm³/mol. The second-order valence-electron chi connectivity index (χ2n) is 5.56. The number of nitrogens with one attached hydrogen (secondary N) is 1. The number of benzene rings is 1. The molecule has 1 rings (SSSR count). The molecule has 4 heteroatoms. The fourth-order valence-corrected chi connectivity index (χ4v) is 2.56. The zero-order valence-corrected chi connectivity index (χ0v) is 14.6. The molecule has 18 heavy (non-hydrogen) atoms. The Morgan fingerprint density at radius 1 is 1.28 bits per heavy atom. The number of ether oxygens (including phenoxy) is 1. The lowest BCUT2D eigenvalue weighted by Gasteiger charge is -2.26. The molecule has 0 atom stereocenters. The summed E-state index contributed by atoms with van der Waals surface area (Å²) in [6.45, 7) is 10.3. The van der Waals surface area contributed by atoms with Gasteiger partial charge in [0.15, 0.2) is 0 Å². The monoisotopic (exact) mass is 377 g/mol. The van der Waals surface area contributed by atoms with Gasteiger partial charge in [-0.15, -0.1) is 0 Å². The second kappa shape index (κ2) is 6.92. The van der Waals surface area contributed by atoms with E-state index in [1.807, 2.05) is 18.2 Å². The summed E-state index contributed by atoms with van der Waals surface area (Å²) in [7, 11) is 0. The van der Waals surface area contributed by atoms with Crippen molar-refractivity contribution in [2.45, 2.75) is 33.7 Å². The standard InChI is InChI=1S/C14H21Br2NO/c1-10(2)17-8-14(3,4)9-18-13-6-5-11(15)7-12(13)16/h5-7,10,17H,8-9H2,1-4H3.